The van der Waals surface area contributed by atoms with E-state index in [2.05, 4.69) is 50.8 Å². The van der Waals surface area contributed by atoms with Crippen LogP contribution in [0.15, 0.2) is 24.5 Å². The predicted molar refractivity (Wildman–Crippen MR) is 79.3 cm³/mol. The van der Waals surface area contributed by atoms with Gasteiger partial charge in [-0.15, -0.1) is 10.2 Å². The molecule has 2 heterocycles. The molecule has 5 nitrogen and oxygen atoms in total. The van der Waals surface area contributed by atoms with Gasteiger partial charge >= 0.3 is 0 Å². The Morgan fingerprint density at radius 2 is 2.15 bits per heavy atom. The zero-order chi connectivity index (χ0) is 14.4. The van der Waals surface area contributed by atoms with Gasteiger partial charge in [-0.25, -0.2) is 0 Å². The highest BCUT2D eigenvalue weighted by Gasteiger charge is 2.07. The first-order valence-corrected chi connectivity index (χ1v) is 7.16. The van der Waals surface area contributed by atoms with Crippen molar-refractivity contribution in [1.29, 1.82) is 0 Å². The van der Waals surface area contributed by atoms with Crippen LogP contribution >= 0.6 is 0 Å². The summed E-state index contributed by atoms with van der Waals surface area (Å²) in [5.74, 6) is 1.03. The van der Waals surface area contributed by atoms with Gasteiger partial charge in [-0.1, -0.05) is 13.0 Å². The van der Waals surface area contributed by atoms with Gasteiger partial charge in [-0.05, 0) is 32.5 Å². The molecular weight excluding hydrogens is 250 g/mol. The molecule has 0 aliphatic heterocycles. The van der Waals surface area contributed by atoms with Gasteiger partial charge in [0.2, 0.25) is 0 Å². The van der Waals surface area contributed by atoms with Crippen LogP contribution in [0.1, 0.15) is 30.6 Å². The third-order valence-corrected chi connectivity index (χ3v) is 3.27. The quantitative estimate of drug-likeness (QED) is 0.775. The molecule has 0 aliphatic rings. The Bertz CT molecular complexity index is 535. The van der Waals surface area contributed by atoms with Crippen LogP contribution in [-0.2, 0) is 19.5 Å². The van der Waals surface area contributed by atoms with Crippen LogP contribution in [0.2, 0.25) is 0 Å². The van der Waals surface area contributed by atoms with Crippen LogP contribution in [0.25, 0.3) is 0 Å². The van der Waals surface area contributed by atoms with Crippen LogP contribution < -0.4 is 0 Å². The standard InChI is InChI=1S/C15H23N5/c1-4-9-20-12-16-18-15(20)11-19(3)10-8-14-7-5-6-13(2)17-14/h5-7,12H,4,8-11H2,1-3H3. The second kappa shape index (κ2) is 7.14. The molecule has 0 aromatic carbocycles. The number of likely N-dealkylation sites (N-methyl/N-ethyl adjacent to an activating group) is 1. The summed E-state index contributed by atoms with van der Waals surface area (Å²) in [6, 6.07) is 6.18. The van der Waals surface area contributed by atoms with Crippen LogP contribution in [0.5, 0.6) is 0 Å². The maximum atomic E-state index is 4.53. The van der Waals surface area contributed by atoms with E-state index < -0.39 is 0 Å². The first kappa shape index (κ1) is 14.7. The third kappa shape index (κ3) is 4.13. The van der Waals surface area contributed by atoms with Crippen molar-refractivity contribution in [2.24, 2.45) is 0 Å². The molecule has 0 saturated heterocycles. The van der Waals surface area contributed by atoms with Crippen molar-refractivity contribution < 1.29 is 0 Å². The number of nitrogens with zero attached hydrogens (tertiary/aromatic N) is 5. The molecule has 0 N–H and O–H groups in total. The predicted octanol–water partition coefficient (Wildman–Crippen LogP) is 2.07. The van der Waals surface area contributed by atoms with Crippen molar-refractivity contribution in [3.8, 4) is 0 Å². The molecular formula is C15H23N5. The zero-order valence-corrected chi connectivity index (χ0v) is 12.6. The van der Waals surface area contributed by atoms with E-state index in [1.807, 2.05) is 19.3 Å². The number of hydrogen-bond donors (Lipinski definition) is 0. The first-order valence-electron chi connectivity index (χ1n) is 7.16. The Labute approximate surface area is 120 Å². The molecule has 2 rings (SSSR count). The van der Waals surface area contributed by atoms with E-state index in [1.54, 1.807) is 0 Å². The molecule has 108 valence electrons. The summed E-state index contributed by atoms with van der Waals surface area (Å²) in [7, 11) is 2.11. The number of aromatic nitrogens is 4. The van der Waals surface area contributed by atoms with Gasteiger partial charge < -0.3 is 4.57 Å². The molecule has 0 unspecified atom stereocenters. The summed E-state index contributed by atoms with van der Waals surface area (Å²) < 4.78 is 2.13. The summed E-state index contributed by atoms with van der Waals surface area (Å²) in [5, 5.41) is 8.20. The van der Waals surface area contributed by atoms with E-state index in [4.69, 9.17) is 0 Å². The van der Waals surface area contributed by atoms with E-state index in [0.717, 1.165) is 49.7 Å². The second-order valence-electron chi connectivity index (χ2n) is 5.20. The Kier molecular flexibility index (Phi) is 5.24. The van der Waals surface area contributed by atoms with Gasteiger partial charge in [-0.2, -0.15) is 0 Å². The number of aryl methyl sites for hydroxylation is 2. The normalized spacial score (nSPS) is 11.2. The van der Waals surface area contributed by atoms with Gasteiger partial charge in [0.15, 0.2) is 0 Å². The lowest BCUT2D eigenvalue weighted by Gasteiger charge is -2.16. The van der Waals surface area contributed by atoms with Crippen LogP contribution in [0, 0.1) is 6.92 Å². The van der Waals surface area contributed by atoms with Crippen LogP contribution in [-0.4, -0.2) is 38.2 Å². The number of rotatable bonds is 7. The minimum absolute atomic E-state index is 0.825. The fourth-order valence-electron chi connectivity index (χ4n) is 2.19. The van der Waals surface area contributed by atoms with E-state index in [9.17, 15) is 0 Å². The molecule has 0 aliphatic carbocycles. The van der Waals surface area contributed by atoms with Gasteiger partial charge in [-0.3, -0.25) is 9.88 Å². The lowest BCUT2D eigenvalue weighted by Crippen LogP contribution is -2.23. The molecule has 2 aromatic heterocycles. The molecule has 20 heavy (non-hydrogen) atoms. The molecule has 5 heteroatoms. The van der Waals surface area contributed by atoms with Crippen molar-refractivity contribution in [1.82, 2.24) is 24.6 Å². The average Bonchev–Trinajstić information content (AvgIpc) is 2.84. The van der Waals surface area contributed by atoms with Crippen LogP contribution in [0.3, 0.4) is 0 Å². The lowest BCUT2D eigenvalue weighted by molar-refractivity contribution is 0.315. The summed E-state index contributed by atoms with van der Waals surface area (Å²) in [6.45, 7) is 6.97. The molecule has 0 atom stereocenters. The Balaban J connectivity index is 1.86. The Hall–Kier alpha value is -1.75. The van der Waals surface area contributed by atoms with Gasteiger partial charge in [0.1, 0.15) is 12.2 Å². The summed E-state index contributed by atoms with van der Waals surface area (Å²) in [5.41, 5.74) is 2.22. The third-order valence-electron chi connectivity index (χ3n) is 3.27. The zero-order valence-electron chi connectivity index (χ0n) is 12.6. The highest BCUT2D eigenvalue weighted by Crippen LogP contribution is 2.04. The van der Waals surface area contributed by atoms with Gasteiger partial charge in [0.25, 0.3) is 0 Å². The average molecular weight is 273 g/mol. The lowest BCUT2D eigenvalue weighted by atomic mass is 10.2. The minimum Gasteiger partial charge on any atom is -0.317 e. The molecule has 0 spiro atoms. The van der Waals surface area contributed by atoms with Crippen LogP contribution in [0.4, 0.5) is 0 Å². The fraction of sp³-hybridized carbons (Fsp3) is 0.533. The van der Waals surface area contributed by atoms with Crippen molar-refractivity contribution >= 4 is 0 Å². The topological polar surface area (TPSA) is 46.8 Å². The van der Waals surface area contributed by atoms with Crippen molar-refractivity contribution in [3.05, 3.63) is 41.7 Å². The molecule has 0 fully saturated rings. The minimum atomic E-state index is 0.825. The van der Waals surface area contributed by atoms with Crippen molar-refractivity contribution in [2.75, 3.05) is 13.6 Å². The number of pyridine rings is 1. The van der Waals surface area contributed by atoms with E-state index in [-0.39, 0.29) is 0 Å². The Morgan fingerprint density at radius 3 is 2.90 bits per heavy atom. The largest absolute Gasteiger partial charge is 0.317 e. The second-order valence-corrected chi connectivity index (χ2v) is 5.20. The smallest absolute Gasteiger partial charge is 0.146 e. The summed E-state index contributed by atoms with van der Waals surface area (Å²) in [6.07, 6.45) is 3.87. The highest BCUT2D eigenvalue weighted by atomic mass is 15.3. The van der Waals surface area contributed by atoms with Crippen molar-refractivity contribution in [2.45, 2.75) is 39.8 Å². The molecule has 0 amide bonds. The molecule has 0 radical (unpaired) electrons. The monoisotopic (exact) mass is 273 g/mol. The molecule has 0 saturated carbocycles. The van der Waals surface area contributed by atoms with Crippen molar-refractivity contribution in [3.63, 3.8) is 0 Å². The van der Waals surface area contributed by atoms with E-state index in [1.165, 1.54) is 0 Å². The fourth-order valence-corrected chi connectivity index (χ4v) is 2.19. The van der Waals surface area contributed by atoms with E-state index in [0.29, 0.717) is 0 Å². The summed E-state index contributed by atoms with van der Waals surface area (Å²) >= 11 is 0. The highest BCUT2D eigenvalue weighted by molar-refractivity contribution is 5.10. The Morgan fingerprint density at radius 1 is 1.30 bits per heavy atom. The molecule has 0 bridgehead atoms. The van der Waals surface area contributed by atoms with Gasteiger partial charge in [0.05, 0.1) is 6.54 Å². The molecule has 2 aromatic rings. The maximum absolute atomic E-state index is 4.53. The first-order chi connectivity index (χ1) is 9.69. The van der Waals surface area contributed by atoms with Gasteiger partial charge in [0, 0.05) is 30.9 Å². The summed E-state index contributed by atoms with van der Waals surface area (Å²) in [4.78, 5) is 6.79. The van der Waals surface area contributed by atoms with E-state index >= 15 is 0 Å². The number of hydrogen-bond acceptors (Lipinski definition) is 4. The SMILES string of the molecule is CCCn1cnnc1CN(C)CCc1cccc(C)n1. The maximum Gasteiger partial charge on any atom is 0.146 e.